The molecule has 2 unspecified atom stereocenters. The van der Waals surface area contributed by atoms with Gasteiger partial charge in [-0.3, -0.25) is 0 Å². The van der Waals surface area contributed by atoms with E-state index >= 15 is 0 Å². The maximum Gasteiger partial charge on any atom is 0.105 e. The first-order chi connectivity index (χ1) is 5.20. The lowest BCUT2D eigenvalue weighted by atomic mass is 10.8. The third-order valence-corrected chi connectivity index (χ3v) is 2.07. The predicted molar refractivity (Wildman–Crippen MR) is 56.6 cm³/mol. The van der Waals surface area contributed by atoms with E-state index in [1.54, 1.807) is 11.8 Å². The Morgan fingerprint density at radius 3 is 1.73 bits per heavy atom. The van der Waals surface area contributed by atoms with E-state index in [2.05, 4.69) is 44.7 Å². The molecule has 0 saturated carbocycles. The van der Waals surface area contributed by atoms with E-state index < -0.39 is 0 Å². The molecule has 0 bridgehead atoms. The molecule has 0 aromatic carbocycles. The van der Waals surface area contributed by atoms with Gasteiger partial charge < -0.3 is 0 Å². The Hall–Kier alpha value is -0.0500. The first-order valence-corrected chi connectivity index (χ1v) is 4.76. The molecule has 0 radical (unpaired) electrons. The minimum atomic E-state index is 0.0922. The van der Waals surface area contributed by atoms with Crippen molar-refractivity contribution in [3.63, 3.8) is 0 Å². The first-order valence-electron chi connectivity index (χ1n) is 3.00. The molecule has 0 spiro atoms. The fourth-order valence-corrected chi connectivity index (χ4v) is 1.74. The summed E-state index contributed by atoms with van der Waals surface area (Å²) in [7, 11) is 0. The van der Waals surface area contributed by atoms with Gasteiger partial charge in [-0.2, -0.15) is 0 Å². The van der Waals surface area contributed by atoms with Crippen molar-refractivity contribution in [2.75, 3.05) is 0 Å². The molecule has 5 heteroatoms. The summed E-state index contributed by atoms with van der Waals surface area (Å²) in [6, 6.07) is 0. The van der Waals surface area contributed by atoms with Crippen molar-refractivity contribution in [1.29, 1.82) is 0 Å². The molecule has 0 rings (SSSR count). The van der Waals surface area contributed by atoms with Crippen LogP contribution in [0.1, 0.15) is 13.8 Å². The van der Waals surface area contributed by atoms with Crippen molar-refractivity contribution in [1.82, 2.24) is 0 Å². The lowest BCUT2D eigenvalue weighted by molar-refractivity contribution is 0.998. The summed E-state index contributed by atoms with van der Waals surface area (Å²) in [5, 5.41) is 4.81. The number of rotatable bonds is 4. The van der Waals surface area contributed by atoms with E-state index in [0.717, 1.165) is 0 Å². The van der Waals surface area contributed by atoms with Gasteiger partial charge in [-0.1, -0.05) is 0 Å². The number of hydrogen-bond donors (Lipinski definition) is 0. The molecule has 0 fully saturated rings. The maximum atomic E-state index is 4.45. The SMILES string of the molecule is CC(N=C=S)SC(C)N=C=S. The average molecular weight is 204 g/mol. The van der Waals surface area contributed by atoms with Crippen LogP contribution in [0, 0.1) is 0 Å². The number of nitrogens with zero attached hydrogens (tertiary/aromatic N) is 2. The van der Waals surface area contributed by atoms with Crippen LogP contribution in [0.15, 0.2) is 9.98 Å². The van der Waals surface area contributed by atoms with Crippen LogP contribution in [0.4, 0.5) is 0 Å². The fraction of sp³-hybridized carbons (Fsp3) is 0.667. The van der Waals surface area contributed by atoms with E-state index in [4.69, 9.17) is 0 Å². The Labute approximate surface area is 81.2 Å². The highest BCUT2D eigenvalue weighted by atomic mass is 32.2. The van der Waals surface area contributed by atoms with Crippen molar-refractivity contribution >= 4 is 46.5 Å². The second-order valence-electron chi connectivity index (χ2n) is 1.78. The molecule has 2 nitrogen and oxygen atoms in total. The molecule has 0 aliphatic rings. The van der Waals surface area contributed by atoms with Crippen LogP contribution >= 0.6 is 36.2 Å². The minimum absolute atomic E-state index is 0.0922. The van der Waals surface area contributed by atoms with Crippen LogP contribution in [0.5, 0.6) is 0 Å². The van der Waals surface area contributed by atoms with Crippen LogP contribution in [-0.2, 0) is 0 Å². The van der Waals surface area contributed by atoms with Crippen molar-refractivity contribution in [3.8, 4) is 0 Å². The Morgan fingerprint density at radius 1 is 1.09 bits per heavy atom. The maximum absolute atomic E-state index is 4.45. The van der Waals surface area contributed by atoms with Crippen LogP contribution in [-0.4, -0.2) is 21.1 Å². The monoisotopic (exact) mass is 204 g/mol. The number of thiocarbonyl (C=S) groups is 2. The van der Waals surface area contributed by atoms with Crippen molar-refractivity contribution in [2.24, 2.45) is 9.98 Å². The summed E-state index contributed by atoms with van der Waals surface area (Å²) in [5.74, 6) is 0. The van der Waals surface area contributed by atoms with Gasteiger partial charge >= 0.3 is 0 Å². The highest BCUT2D eigenvalue weighted by Crippen LogP contribution is 2.18. The second kappa shape index (κ2) is 6.65. The van der Waals surface area contributed by atoms with Gasteiger partial charge in [0.05, 0.1) is 10.3 Å². The van der Waals surface area contributed by atoms with Crippen LogP contribution < -0.4 is 0 Å². The Morgan fingerprint density at radius 2 is 1.45 bits per heavy atom. The molecule has 2 atom stereocenters. The van der Waals surface area contributed by atoms with Gasteiger partial charge in [-0.05, 0) is 38.3 Å². The van der Waals surface area contributed by atoms with E-state index in [1.165, 1.54) is 0 Å². The van der Waals surface area contributed by atoms with Gasteiger partial charge in [0.2, 0.25) is 0 Å². The van der Waals surface area contributed by atoms with E-state index in [-0.39, 0.29) is 10.7 Å². The van der Waals surface area contributed by atoms with E-state index in [0.29, 0.717) is 0 Å². The molecule has 0 amide bonds. The molecule has 60 valence electrons. The van der Waals surface area contributed by atoms with Gasteiger partial charge in [0.15, 0.2) is 0 Å². The molecular weight excluding hydrogens is 196 g/mol. The first kappa shape index (κ1) is 11.0. The molecule has 0 heterocycles. The number of hydrogen-bond acceptors (Lipinski definition) is 5. The summed E-state index contributed by atoms with van der Waals surface area (Å²) in [5.41, 5.74) is 0. The molecule has 0 aromatic rings. The van der Waals surface area contributed by atoms with Crippen LogP contribution in [0.25, 0.3) is 0 Å². The summed E-state index contributed by atoms with van der Waals surface area (Å²) in [4.78, 5) is 7.71. The highest BCUT2D eigenvalue weighted by molar-refractivity contribution is 8.00. The molecular formula is C6H8N2S3. The smallest absolute Gasteiger partial charge is 0.105 e. The quantitative estimate of drug-likeness (QED) is 0.520. The average Bonchev–Trinajstić information content (AvgIpc) is 1.87. The van der Waals surface area contributed by atoms with Gasteiger partial charge in [0.25, 0.3) is 0 Å². The lowest BCUT2D eigenvalue weighted by Crippen LogP contribution is -1.98. The Bertz CT molecular complexity index is 182. The fourth-order valence-electron chi connectivity index (χ4n) is 0.494. The summed E-state index contributed by atoms with van der Waals surface area (Å²) in [6.45, 7) is 3.86. The zero-order valence-corrected chi connectivity index (χ0v) is 8.72. The standard InChI is InChI=1S/C6H8N2S3/c1-5(7-3-9)11-6(2)8-4-10/h5-6H,1-2H3. The number of aliphatic imine (C=N–C) groups is 2. The number of isothiocyanates is 2. The minimum Gasteiger partial charge on any atom is -0.218 e. The van der Waals surface area contributed by atoms with Gasteiger partial charge in [-0.15, -0.1) is 11.8 Å². The topological polar surface area (TPSA) is 24.7 Å². The van der Waals surface area contributed by atoms with Crippen LogP contribution in [0.3, 0.4) is 0 Å². The third-order valence-electron chi connectivity index (χ3n) is 0.863. The van der Waals surface area contributed by atoms with E-state index in [1.807, 2.05) is 13.8 Å². The molecule has 0 aliphatic carbocycles. The zero-order chi connectivity index (χ0) is 8.69. The van der Waals surface area contributed by atoms with Gasteiger partial charge in [0.1, 0.15) is 10.7 Å². The highest BCUT2D eigenvalue weighted by Gasteiger charge is 2.04. The molecule has 11 heavy (non-hydrogen) atoms. The summed E-state index contributed by atoms with van der Waals surface area (Å²) in [6.07, 6.45) is 0. The lowest BCUT2D eigenvalue weighted by Gasteiger charge is -2.05. The van der Waals surface area contributed by atoms with Crippen molar-refractivity contribution in [3.05, 3.63) is 0 Å². The normalized spacial score (nSPS) is 14.0. The Balaban J connectivity index is 3.83. The van der Waals surface area contributed by atoms with Gasteiger partial charge in [0, 0.05) is 0 Å². The third kappa shape index (κ3) is 6.35. The molecule has 0 saturated heterocycles. The number of thioether (sulfide) groups is 1. The zero-order valence-electron chi connectivity index (χ0n) is 6.27. The predicted octanol–water partition coefficient (Wildman–Crippen LogP) is 2.62. The van der Waals surface area contributed by atoms with Crippen molar-refractivity contribution in [2.45, 2.75) is 24.6 Å². The van der Waals surface area contributed by atoms with Crippen LogP contribution in [0.2, 0.25) is 0 Å². The summed E-state index contributed by atoms with van der Waals surface area (Å²) >= 11 is 10.5. The second-order valence-corrected chi connectivity index (χ2v) is 3.78. The van der Waals surface area contributed by atoms with E-state index in [9.17, 15) is 0 Å². The van der Waals surface area contributed by atoms with Gasteiger partial charge in [-0.25, -0.2) is 9.98 Å². The van der Waals surface area contributed by atoms with Crippen molar-refractivity contribution < 1.29 is 0 Å². The molecule has 0 aliphatic heterocycles. The largest absolute Gasteiger partial charge is 0.218 e. The summed E-state index contributed by atoms with van der Waals surface area (Å²) < 4.78 is 0. The Kier molecular flexibility index (Phi) is 6.62. The molecule has 0 aromatic heterocycles. The molecule has 0 N–H and O–H groups in total.